The lowest BCUT2D eigenvalue weighted by atomic mass is 9.95. The van der Waals surface area contributed by atoms with E-state index in [9.17, 15) is 4.79 Å². The first-order chi connectivity index (χ1) is 9.24. The second-order valence-corrected chi connectivity index (χ2v) is 4.72. The first-order valence-electron chi connectivity index (χ1n) is 6.77. The van der Waals surface area contributed by atoms with Crippen molar-refractivity contribution in [1.29, 1.82) is 0 Å². The molecule has 4 heteroatoms. The van der Waals surface area contributed by atoms with Crippen LogP contribution in [0, 0.1) is 0 Å². The minimum Gasteiger partial charge on any atom is -0.465 e. The van der Waals surface area contributed by atoms with Gasteiger partial charge in [-0.3, -0.25) is 0 Å². The highest BCUT2D eigenvalue weighted by atomic mass is 16.5. The van der Waals surface area contributed by atoms with E-state index < -0.39 is 0 Å². The van der Waals surface area contributed by atoms with Crippen molar-refractivity contribution in [2.45, 2.75) is 31.9 Å². The van der Waals surface area contributed by atoms with E-state index in [1.54, 1.807) is 0 Å². The molecule has 1 fully saturated rings. The molecule has 1 aliphatic rings. The van der Waals surface area contributed by atoms with Crippen molar-refractivity contribution in [3.05, 3.63) is 35.4 Å². The van der Waals surface area contributed by atoms with Gasteiger partial charge < -0.3 is 14.8 Å². The van der Waals surface area contributed by atoms with Crippen LogP contribution in [-0.4, -0.2) is 32.3 Å². The number of esters is 1. The quantitative estimate of drug-likeness (QED) is 0.847. The number of nitrogens with one attached hydrogen (secondary N) is 1. The fraction of sp³-hybridized carbons (Fsp3) is 0.533. The maximum atomic E-state index is 11.4. The second kappa shape index (κ2) is 6.68. The SMILES string of the molecule is CCOC1CCNC(c2ccc(C(=O)OC)cc2)C1. The lowest BCUT2D eigenvalue weighted by molar-refractivity contribution is 0.0297. The van der Waals surface area contributed by atoms with E-state index >= 15 is 0 Å². The molecular weight excluding hydrogens is 242 g/mol. The Kier molecular flexibility index (Phi) is 4.93. The van der Waals surface area contributed by atoms with Crippen LogP contribution in [0.15, 0.2) is 24.3 Å². The number of piperidine rings is 1. The van der Waals surface area contributed by atoms with Gasteiger partial charge in [-0.2, -0.15) is 0 Å². The van der Waals surface area contributed by atoms with Crippen molar-refractivity contribution in [2.75, 3.05) is 20.3 Å². The molecule has 0 saturated carbocycles. The molecular formula is C15H21NO3. The largest absolute Gasteiger partial charge is 0.465 e. The highest BCUT2D eigenvalue weighted by Crippen LogP contribution is 2.25. The van der Waals surface area contributed by atoms with Crippen LogP contribution < -0.4 is 5.32 Å². The Balaban J connectivity index is 2.03. The third kappa shape index (κ3) is 3.55. The summed E-state index contributed by atoms with van der Waals surface area (Å²) in [6.45, 7) is 3.76. The number of carbonyl (C=O) groups is 1. The summed E-state index contributed by atoms with van der Waals surface area (Å²) in [5.74, 6) is -0.296. The van der Waals surface area contributed by atoms with Crippen molar-refractivity contribution in [3.8, 4) is 0 Å². The summed E-state index contributed by atoms with van der Waals surface area (Å²) >= 11 is 0. The Bertz CT molecular complexity index is 414. The van der Waals surface area contributed by atoms with Crippen molar-refractivity contribution < 1.29 is 14.3 Å². The van der Waals surface area contributed by atoms with Gasteiger partial charge in [-0.25, -0.2) is 4.79 Å². The fourth-order valence-electron chi connectivity index (χ4n) is 2.49. The van der Waals surface area contributed by atoms with Gasteiger partial charge >= 0.3 is 5.97 Å². The molecule has 0 aliphatic carbocycles. The molecule has 2 rings (SSSR count). The molecule has 4 nitrogen and oxygen atoms in total. The monoisotopic (exact) mass is 263 g/mol. The third-order valence-corrected chi connectivity index (χ3v) is 3.49. The number of rotatable bonds is 4. The number of hydrogen-bond acceptors (Lipinski definition) is 4. The number of carbonyl (C=O) groups excluding carboxylic acids is 1. The Morgan fingerprint density at radius 2 is 2.11 bits per heavy atom. The molecule has 1 aliphatic heterocycles. The van der Waals surface area contributed by atoms with Crippen molar-refractivity contribution in [1.82, 2.24) is 5.32 Å². The van der Waals surface area contributed by atoms with E-state index in [4.69, 9.17) is 9.47 Å². The highest BCUT2D eigenvalue weighted by Gasteiger charge is 2.23. The first-order valence-corrected chi connectivity index (χ1v) is 6.77. The zero-order valence-electron chi connectivity index (χ0n) is 11.5. The number of benzene rings is 1. The van der Waals surface area contributed by atoms with Gasteiger partial charge in [0, 0.05) is 12.6 Å². The maximum Gasteiger partial charge on any atom is 0.337 e. The van der Waals surface area contributed by atoms with Gasteiger partial charge in [0.05, 0.1) is 18.8 Å². The molecule has 1 aromatic carbocycles. The molecule has 1 saturated heterocycles. The van der Waals surface area contributed by atoms with Gasteiger partial charge in [0.1, 0.15) is 0 Å². The molecule has 0 aromatic heterocycles. The van der Waals surface area contributed by atoms with Gasteiger partial charge in [0.25, 0.3) is 0 Å². The Morgan fingerprint density at radius 1 is 1.37 bits per heavy atom. The molecule has 19 heavy (non-hydrogen) atoms. The van der Waals surface area contributed by atoms with E-state index in [0.29, 0.717) is 17.7 Å². The molecule has 1 aromatic rings. The molecule has 0 amide bonds. The molecule has 1 heterocycles. The van der Waals surface area contributed by atoms with Gasteiger partial charge in [0.2, 0.25) is 0 Å². The van der Waals surface area contributed by atoms with Crippen LogP contribution in [0.25, 0.3) is 0 Å². The maximum absolute atomic E-state index is 11.4. The van der Waals surface area contributed by atoms with Gasteiger partial charge in [-0.05, 0) is 44.0 Å². The molecule has 2 atom stereocenters. The Hall–Kier alpha value is -1.39. The van der Waals surface area contributed by atoms with Crippen LogP contribution in [-0.2, 0) is 9.47 Å². The standard InChI is InChI=1S/C15H21NO3/c1-3-19-13-8-9-16-14(10-13)11-4-6-12(7-5-11)15(17)18-2/h4-7,13-14,16H,3,8-10H2,1-2H3. The number of hydrogen-bond donors (Lipinski definition) is 1. The predicted octanol–water partition coefficient (Wildman–Crippen LogP) is 2.30. The molecule has 2 unspecified atom stereocenters. The van der Waals surface area contributed by atoms with Crippen LogP contribution in [0.1, 0.15) is 41.7 Å². The van der Waals surface area contributed by atoms with E-state index in [2.05, 4.69) is 5.32 Å². The van der Waals surface area contributed by atoms with E-state index in [0.717, 1.165) is 26.0 Å². The minimum atomic E-state index is -0.296. The number of ether oxygens (including phenoxy) is 2. The topological polar surface area (TPSA) is 47.6 Å². The van der Waals surface area contributed by atoms with E-state index in [1.165, 1.54) is 12.7 Å². The van der Waals surface area contributed by atoms with Crippen LogP contribution in [0.3, 0.4) is 0 Å². The van der Waals surface area contributed by atoms with Crippen molar-refractivity contribution >= 4 is 5.97 Å². The van der Waals surface area contributed by atoms with Gasteiger partial charge in [-0.1, -0.05) is 12.1 Å². The zero-order valence-corrected chi connectivity index (χ0v) is 11.5. The predicted molar refractivity (Wildman–Crippen MR) is 73.2 cm³/mol. The second-order valence-electron chi connectivity index (χ2n) is 4.72. The van der Waals surface area contributed by atoms with Crippen molar-refractivity contribution in [2.24, 2.45) is 0 Å². The highest BCUT2D eigenvalue weighted by molar-refractivity contribution is 5.89. The Labute approximate surface area is 114 Å². The van der Waals surface area contributed by atoms with E-state index in [1.807, 2.05) is 31.2 Å². The van der Waals surface area contributed by atoms with E-state index in [-0.39, 0.29) is 5.97 Å². The smallest absolute Gasteiger partial charge is 0.337 e. The lowest BCUT2D eigenvalue weighted by Crippen LogP contribution is -2.35. The minimum absolute atomic E-state index is 0.296. The molecule has 104 valence electrons. The average Bonchev–Trinajstić information content (AvgIpc) is 2.47. The van der Waals surface area contributed by atoms with Crippen molar-refractivity contribution in [3.63, 3.8) is 0 Å². The zero-order chi connectivity index (χ0) is 13.7. The number of methoxy groups -OCH3 is 1. The van der Waals surface area contributed by atoms with Gasteiger partial charge in [0.15, 0.2) is 0 Å². The summed E-state index contributed by atoms with van der Waals surface area (Å²) in [5.41, 5.74) is 1.78. The normalized spacial score (nSPS) is 23.1. The summed E-state index contributed by atoms with van der Waals surface area (Å²) in [6, 6.07) is 7.90. The fourth-order valence-corrected chi connectivity index (χ4v) is 2.49. The molecule has 0 radical (unpaired) electrons. The lowest BCUT2D eigenvalue weighted by Gasteiger charge is -2.30. The first kappa shape index (κ1) is 14.0. The third-order valence-electron chi connectivity index (χ3n) is 3.49. The summed E-state index contributed by atoms with van der Waals surface area (Å²) in [7, 11) is 1.39. The summed E-state index contributed by atoms with van der Waals surface area (Å²) < 4.78 is 10.4. The molecule has 0 spiro atoms. The van der Waals surface area contributed by atoms with Crippen LogP contribution in [0.4, 0.5) is 0 Å². The van der Waals surface area contributed by atoms with Gasteiger partial charge in [-0.15, -0.1) is 0 Å². The summed E-state index contributed by atoms with van der Waals surface area (Å²) in [4.78, 5) is 11.4. The molecule has 0 bridgehead atoms. The Morgan fingerprint density at radius 3 is 2.74 bits per heavy atom. The van der Waals surface area contributed by atoms with Crippen LogP contribution >= 0.6 is 0 Å². The average molecular weight is 263 g/mol. The van der Waals surface area contributed by atoms with Crippen LogP contribution in [0.5, 0.6) is 0 Å². The molecule has 1 N–H and O–H groups in total. The summed E-state index contributed by atoms with van der Waals surface area (Å²) in [6.07, 6.45) is 2.37. The van der Waals surface area contributed by atoms with Crippen LogP contribution in [0.2, 0.25) is 0 Å². The summed E-state index contributed by atoms with van der Waals surface area (Å²) in [5, 5.41) is 3.49.